The van der Waals surface area contributed by atoms with Crippen LogP contribution in [0.15, 0.2) is 12.3 Å². The molecule has 0 aromatic heterocycles. The topological polar surface area (TPSA) is 9.23 Å². The number of hydrogen-bond acceptors (Lipinski definition) is 1. The van der Waals surface area contributed by atoms with Crippen molar-refractivity contribution in [2.45, 2.75) is 6.92 Å². The third kappa shape index (κ3) is 3.47. The molecule has 0 heterocycles. The highest BCUT2D eigenvalue weighted by molar-refractivity contribution is 4.63. The monoisotopic (exact) mass is 90.0 g/mol. The van der Waals surface area contributed by atoms with E-state index in [4.69, 9.17) is 0 Å². The molecule has 0 aromatic carbocycles. The van der Waals surface area contributed by atoms with Crippen molar-refractivity contribution in [3.8, 4) is 0 Å². The molecule has 0 radical (unpaired) electrons. The predicted octanol–water partition coefficient (Wildman–Crippen LogP) is 1.46. The van der Waals surface area contributed by atoms with Crippen LogP contribution in [0, 0.1) is 0 Å². The minimum absolute atomic E-state index is 0.732. The largest absolute Gasteiger partial charge is 0.471 e. The first-order valence-corrected chi connectivity index (χ1v) is 1.70. The van der Waals surface area contributed by atoms with Gasteiger partial charge in [-0.3, -0.25) is 0 Å². The number of allylic oxidation sites excluding steroid dienone is 1. The van der Waals surface area contributed by atoms with E-state index in [9.17, 15) is 4.39 Å². The van der Waals surface area contributed by atoms with Crippen LogP contribution in [-0.4, -0.2) is 6.86 Å². The number of hydrogen-bond donors (Lipinski definition) is 0. The molecule has 1 nitrogen and oxygen atoms in total. The molecular weight excluding hydrogens is 83.0 g/mol. The lowest BCUT2D eigenvalue weighted by molar-refractivity contribution is 0.141. The lowest BCUT2D eigenvalue weighted by Crippen LogP contribution is -1.71. The van der Waals surface area contributed by atoms with Crippen molar-refractivity contribution in [2.75, 3.05) is 6.86 Å². The molecular formula is C4H7FO. The van der Waals surface area contributed by atoms with Gasteiger partial charge in [-0.15, -0.1) is 0 Å². The van der Waals surface area contributed by atoms with Crippen molar-refractivity contribution in [1.82, 2.24) is 0 Å². The van der Waals surface area contributed by atoms with Crippen LogP contribution in [0.1, 0.15) is 6.92 Å². The average Bonchev–Trinajstić information content (AvgIpc) is 1.61. The second-order valence-corrected chi connectivity index (χ2v) is 0.745. The summed E-state index contributed by atoms with van der Waals surface area (Å²) in [6.07, 6.45) is 2.93. The van der Waals surface area contributed by atoms with Crippen molar-refractivity contribution in [2.24, 2.45) is 0 Å². The molecule has 0 aliphatic heterocycles. The van der Waals surface area contributed by atoms with E-state index in [1.54, 1.807) is 13.0 Å². The van der Waals surface area contributed by atoms with E-state index in [0.717, 1.165) is 0 Å². The molecule has 0 aromatic rings. The van der Waals surface area contributed by atoms with E-state index in [0.29, 0.717) is 0 Å². The van der Waals surface area contributed by atoms with Gasteiger partial charge in [-0.05, 0) is 6.92 Å². The van der Waals surface area contributed by atoms with Crippen LogP contribution in [0.25, 0.3) is 0 Å². The summed E-state index contributed by atoms with van der Waals surface area (Å²) >= 11 is 0. The Morgan fingerprint density at radius 1 is 1.83 bits per heavy atom. The van der Waals surface area contributed by atoms with Crippen molar-refractivity contribution >= 4 is 0 Å². The van der Waals surface area contributed by atoms with Gasteiger partial charge in [-0.1, -0.05) is 6.08 Å². The zero-order valence-corrected chi connectivity index (χ0v) is 3.65. The van der Waals surface area contributed by atoms with Gasteiger partial charge in [0.2, 0.25) is 6.86 Å². The summed E-state index contributed by atoms with van der Waals surface area (Å²) in [6.45, 7) is 1.03. The molecule has 0 saturated carbocycles. The maximum atomic E-state index is 10.9. The molecule has 6 heavy (non-hydrogen) atoms. The van der Waals surface area contributed by atoms with Crippen molar-refractivity contribution in [3.05, 3.63) is 12.3 Å². The molecule has 0 fully saturated rings. The Hall–Kier alpha value is -0.530. The third-order valence-corrected chi connectivity index (χ3v) is 0.295. The van der Waals surface area contributed by atoms with Gasteiger partial charge >= 0.3 is 0 Å². The molecule has 0 N–H and O–H groups in total. The van der Waals surface area contributed by atoms with Crippen molar-refractivity contribution < 1.29 is 9.13 Å². The van der Waals surface area contributed by atoms with Crippen LogP contribution in [0.5, 0.6) is 0 Å². The first kappa shape index (κ1) is 5.47. The fraction of sp³-hybridized carbons (Fsp3) is 0.500. The second-order valence-electron chi connectivity index (χ2n) is 0.745. The zero-order chi connectivity index (χ0) is 4.83. The summed E-state index contributed by atoms with van der Waals surface area (Å²) in [5, 5.41) is 0. The summed E-state index contributed by atoms with van der Waals surface area (Å²) in [4.78, 5) is 0. The minimum atomic E-state index is -0.732. The minimum Gasteiger partial charge on any atom is -0.471 e. The van der Waals surface area contributed by atoms with Gasteiger partial charge < -0.3 is 4.74 Å². The lowest BCUT2D eigenvalue weighted by Gasteiger charge is -1.83. The highest BCUT2D eigenvalue weighted by atomic mass is 19.1. The number of halogens is 1. The Bertz CT molecular complexity index is 42.8. The quantitative estimate of drug-likeness (QED) is 0.466. The Labute approximate surface area is 36.4 Å². The molecule has 0 bridgehead atoms. The van der Waals surface area contributed by atoms with E-state index in [2.05, 4.69) is 4.74 Å². The summed E-state index contributed by atoms with van der Waals surface area (Å²) in [7, 11) is 0. The number of rotatable bonds is 2. The van der Waals surface area contributed by atoms with Crippen LogP contribution in [0.4, 0.5) is 4.39 Å². The highest BCUT2D eigenvalue weighted by Gasteiger charge is 1.63. The van der Waals surface area contributed by atoms with E-state index in [-0.39, 0.29) is 0 Å². The second kappa shape index (κ2) is 4.47. The maximum Gasteiger partial charge on any atom is 0.227 e. The van der Waals surface area contributed by atoms with E-state index < -0.39 is 6.86 Å². The Morgan fingerprint density at radius 3 is 2.67 bits per heavy atom. The van der Waals surface area contributed by atoms with Crippen molar-refractivity contribution in [3.63, 3.8) is 0 Å². The van der Waals surface area contributed by atoms with Crippen LogP contribution in [0.3, 0.4) is 0 Å². The molecule has 0 amide bonds. The van der Waals surface area contributed by atoms with Gasteiger partial charge in [-0.25, -0.2) is 4.39 Å². The predicted molar refractivity (Wildman–Crippen MR) is 21.9 cm³/mol. The maximum absolute atomic E-state index is 10.9. The molecule has 0 unspecified atom stereocenters. The smallest absolute Gasteiger partial charge is 0.227 e. The molecule has 0 atom stereocenters. The van der Waals surface area contributed by atoms with Gasteiger partial charge in [-0.2, -0.15) is 0 Å². The summed E-state index contributed by atoms with van der Waals surface area (Å²) < 4.78 is 15.0. The molecule has 0 aliphatic carbocycles. The lowest BCUT2D eigenvalue weighted by atomic mass is 10.7. The van der Waals surface area contributed by atoms with E-state index >= 15 is 0 Å². The highest BCUT2D eigenvalue weighted by Crippen LogP contribution is 1.74. The fourth-order valence-electron chi connectivity index (χ4n) is 0.133. The molecule has 36 valence electrons. The summed E-state index contributed by atoms with van der Waals surface area (Å²) in [5.74, 6) is 0. The van der Waals surface area contributed by atoms with Crippen LogP contribution in [-0.2, 0) is 4.74 Å². The average molecular weight is 90.1 g/mol. The number of ether oxygens (including phenoxy) is 1. The standard InChI is InChI=1S/C4H7FO/c1-2-3-6-4-5/h2-3H,4H2,1H3. The number of alkyl halides is 1. The van der Waals surface area contributed by atoms with E-state index in [1.807, 2.05) is 0 Å². The van der Waals surface area contributed by atoms with Gasteiger partial charge in [0.1, 0.15) is 0 Å². The normalized spacial score (nSPS) is 9.67. The fourth-order valence-corrected chi connectivity index (χ4v) is 0.133. The summed E-state index contributed by atoms with van der Waals surface area (Å²) in [6, 6.07) is 0. The van der Waals surface area contributed by atoms with Crippen LogP contribution in [0.2, 0.25) is 0 Å². The van der Waals surface area contributed by atoms with Gasteiger partial charge in [0, 0.05) is 0 Å². The van der Waals surface area contributed by atoms with Gasteiger partial charge in [0.15, 0.2) is 0 Å². The SMILES string of the molecule is CC=COCF. The molecule has 0 spiro atoms. The molecule has 0 saturated heterocycles. The van der Waals surface area contributed by atoms with Gasteiger partial charge in [0.25, 0.3) is 0 Å². The molecule has 0 rings (SSSR count). The summed E-state index contributed by atoms with van der Waals surface area (Å²) in [5.41, 5.74) is 0. The molecule has 0 aliphatic rings. The van der Waals surface area contributed by atoms with Crippen molar-refractivity contribution in [1.29, 1.82) is 0 Å². The first-order valence-electron chi connectivity index (χ1n) is 1.70. The Kier molecular flexibility index (Phi) is 4.08. The first-order chi connectivity index (χ1) is 2.91. The Balaban J connectivity index is 2.66. The third-order valence-electron chi connectivity index (χ3n) is 0.295. The van der Waals surface area contributed by atoms with Crippen LogP contribution < -0.4 is 0 Å². The molecule has 2 heteroatoms. The van der Waals surface area contributed by atoms with Crippen LogP contribution >= 0.6 is 0 Å². The van der Waals surface area contributed by atoms with E-state index in [1.165, 1.54) is 6.26 Å². The zero-order valence-electron chi connectivity index (χ0n) is 3.65. The Morgan fingerprint density at radius 2 is 2.50 bits per heavy atom. The van der Waals surface area contributed by atoms with Gasteiger partial charge in [0.05, 0.1) is 6.26 Å².